The van der Waals surface area contributed by atoms with Crippen LogP contribution in [0, 0.1) is 0 Å². The van der Waals surface area contributed by atoms with Crippen molar-refractivity contribution in [2.24, 2.45) is 0 Å². The molecular weight excluding hydrogens is 366 g/mol. The van der Waals surface area contributed by atoms with E-state index in [4.69, 9.17) is 4.74 Å². The lowest BCUT2D eigenvalue weighted by atomic mass is 9.94. The number of nitrogens with one attached hydrogen (secondary N) is 2. The van der Waals surface area contributed by atoms with Crippen LogP contribution in [0.2, 0.25) is 0 Å². The Kier molecular flexibility index (Phi) is 7.49. The molecule has 0 unspecified atom stereocenters. The molecule has 1 saturated heterocycles. The number of hydrogen-bond acceptors (Lipinski definition) is 5. The van der Waals surface area contributed by atoms with Gasteiger partial charge in [0, 0.05) is 43.7 Å². The van der Waals surface area contributed by atoms with Gasteiger partial charge in [0.25, 0.3) is 5.91 Å². The van der Waals surface area contributed by atoms with Crippen molar-refractivity contribution in [1.29, 1.82) is 0 Å². The molecule has 0 bridgehead atoms. The average Bonchev–Trinajstić information content (AvgIpc) is 2.79. The Bertz CT molecular complexity index is 833. The molecule has 0 aliphatic carbocycles. The molecule has 1 aliphatic heterocycles. The first-order chi connectivity index (χ1) is 14.1. The van der Waals surface area contributed by atoms with Gasteiger partial charge in [0.1, 0.15) is 5.69 Å². The number of carbonyl (C=O) groups excluding carboxylic acids is 2. The second kappa shape index (κ2) is 10.3. The summed E-state index contributed by atoms with van der Waals surface area (Å²) in [6.07, 6.45) is 2.20. The molecule has 1 aromatic carbocycles. The average molecular weight is 396 g/mol. The van der Waals surface area contributed by atoms with E-state index in [-0.39, 0.29) is 29.4 Å². The summed E-state index contributed by atoms with van der Waals surface area (Å²) in [5.74, 6) is -0.278. The van der Waals surface area contributed by atoms with Gasteiger partial charge in [-0.05, 0) is 30.5 Å². The quantitative estimate of drug-likeness (QED) is 0.672. The maximum absolute atomic E-state index is 12.8. The van der Waals surface area contributed by atoms with E-state index < -0.39 is 0 Å². The predicted octanol–water partition coefficient (Wildman–Crippen LogP) is 2.93. The molecule has 6 nitrogen and oxygen atoms in total. The van der Waals surface area contributed by atoms with E-state index >= 15 is 0 Å². The van der Waals surface area contributed by atoms with Crippen molar-refractivity contribution in [3.8, 4) is 0 Å². The summed E-state index contributed by atoms with van der Waals surface area (Å²) < 4.78 is 5.69. The summed E-state index contributed by atoms with van der Waals surface area (Å²) in [6, 6.07) is 13.4. The van der Waals surface area contributed by atoms with Gasteiger partial charge in [0.2, 0.25) is 0 Å². The van der Waals surface area contributed by atoms with E-state index in [1.54, 1.807) is 13.1 Å². The van der Waals surface area contributed by atoms with Crippen LogP contribution in [0.4, 0.5) is 0 Å². The molecule has 2 heterocycles. The van der Waals surface area contributed by atoms with Gasteiger partial charge in [0.15, 0.2) is 5.78 Å². The fraction of sp³-hybridized carbons (Fsp3) is 0.435. The summed E-state index contributed by atoms with van der Waals surface area (Å²) in [5.41, 5.74) is 2.63. The van der Waals surface area contributed by atoms with Crippen LogP contribution in [-0.4, -0.2) is 49.5 Å². The van der Waals surface area contributed by atoms with Crippen LogP contribution < -0.4 is 10.6 Å². The van der Waals surface area contributed by atoms with E-state index in [0.29, 0.717) is 12.0 Å². The third-order valence-electron chi connectivity index (χ3n) is 5.30. The lowest BCUT2D eigenvalue weighted by Crippen LogP contribution is -2.38. The van der Waals surface area contributed by atoms with E-state index in [1.165, 1.54) is 0 Å². The molecule has 1 fully saturated rings. The van der Waals surface area contributed by atoms with Crippen LogP contribution >= 0.6 is 0 Å². The normalized spacial score (nSPS) is 17.5. The number of nitrogens with zero attached hydrogens (tertiary/aromatic N) is 1. The van der Waals surface area contributed by atoms with E-state index in [9.17, 15) is 9.59 Å². The van der Waals surface area contributed by atoms with Crippen LogP contribution in [-0.2, 0) is 4.74 Å². The maximum Gasteiger partial charge on any atom is 0.269 e. The van der Waals surface area contributed by atoms with Gasteiger partial charge in [-0.3, -0.25) is 9.59 Å². The second-order valence-electron chi connectivity index (χ2n) is 7.39. The maximum atomic E-state index is 12.8. The zero-order valence-electron chi connectivity index (χ0n) is 17.1. The number of hydrogen-bond donors (Lipinski definition) is 2. The van der Waals surface area contributed by atoms with Crippen LogP contribution in [0.25, 0.3) is 0 Å². The highest BCUT2D eigenvalue weighted by Gasteiger charge is 2.19. The van der Waals surface area contributed by atoms with Crippen LogP contribution in [0.3, 0.4) is 0 Å². The van der Waals surface area contributed by atoms with Crippen LogP contribution in [0.1, 0.15) is 64.2 Å². The number of morpholine rings is 1. The molecule has 2 N–H and O–H groups in total. The fourth-order valence-electron chi connectivity index (χ4n) is 3.53. The van der Waals surface area contributed by atoms with Crippen molar-refractivity contribution >= 4 is 11.7 Å². The first-order valence-electron chi connectivity index (χ1n) is 10.2. The van der Waals surface area contributed by atoms with E-state index in [0.717, 1.165) is 43.8 Å². The van der Waals surface area contributed by atoms with Crippen molar-refractivity contribution in [2.45, 2.75) is 38.2 Å². The fourth-order valence-corrected chi connectivity index (χ4v) is 3.53. The van der Waals surface area contributed by atoms with Gasteiger partial charge in [0.05, 0.1) is 12.7 Å². The zero-order valence-corrected chi connectivity index (χ0v) is 17.1. The molecule has 1 amide bonds. The monoisotopic (exact) mass is 395 g/mol. The number of benzene rings is 1. The predicted molar refractivity (Wildman–Crippen MR) is 112 cm³/mol. The molecule has 0 radical (unpaired) electrons. The number of pyridine rings is 1. The van der Waals surface area contributed by atoms with E-state index in [2.05, 4.69) is 15.6 Å². The third kappa shape index (κ3) is 5.71. The standard InChI is InChI=1S/C23H29N3O3/c1-16(17-7-4-3-5-8-17)20-13-18(14-21(26-20)23(28)24-2)22(27)10-6-9-19-15-25-11-12-29-19/h3-5,7-8,13-14,16,19,25H,6,9-12,15H2,1-2H3,(H,24,28)/t16-,19-/m1/s1. The Morgan fingerprint density at radius 3 is 2.76 bits per heavy atom. The summed E-state index contributed by atoms with van der Waals surface area (Å²) >= 11 is 0. The Balaban J connectivity index is 1.75. The highest BCUT2D eigenvalue weighted by Crippen LogP contribution is 2.24. The van der Waals surface area contributed by atoms with Gasteiger partial charge in [-0.25, -0.2) is 4.98 Å². The molecule has 0 spiro atoms. The van der Waals surface area contributed by atoms with Gasteiger partial charge in [-0.1, -0.05) is 37.3 Å². The highest BCUT2D eigenvalue weighted by atomic mass is 16.5. The number of ketones is 1. The second-order valence-corrected chi connectivity index (χ2v) is 7.39. The smallest absolute Gasteiger partial charge is 0.269 e. The molecule has 154 valence electrons. The molecule has 0 saturated carbocycles. The Morgan fingerprint density at radius 1 is 1.28 bits per heavy atom. The van der Waals surface area contributed by atoms with Crippen LogP contribution in [0.5, 0.6) is 0 Å². The number of carbonyl (C=O) groups is 2. The molecule has 29 heavy (non-hydrogen) atoms. The van der Waals surface area contributed by atoms with Gasteiger partial charge < -0.3 is 15.4 Å². The third-order valence-corrected chi connectivity index (χ3v) is 5.30. The molecule has 2 aromatic rings. The van der Waals surface area contributed by atoms with Crippen molar-refractivity contribution in [1.82, 2.24) is 15.6 Å². The minimum Gasteiger partial charge on any atom is -0.376 e. The van der Waals surface area contributed by atoms with E-state index in [1.807, 2.05) is 43.3 Å². The SMILES string of the molecule is CNC(=O)c1cc(C(=O)CCC[C@@H]2CNCCO2)cc([C@H](C)c2ccccc2)n1. The number of aromatic nitrogens is 1. The molecule has 1 aromatic heterocycles. The summed E-state index contributed by atoms with van der Waals surface area (Å²) in [6.45, 7) is 4.48. The first-order valence-corrected chi connectivity index (χ1v) is 10.2. The summed E-state index contributed by atoms with van der Waals surface area (Å²) in [7, 11) is 1.57. The lowest BCUT2D eigenvalue weighted by Gasteiger charge is -2.23. The molecule has 3 rings (SSSR count). The van der Waals surface area contributed by atoms with Crippen molar-refractivity contribution < 1.29 is 14.3 Å². The van der Waals surface area contributed by atoms with Crippen molar-refractivity contribution in [2.75, 3.05) is 26.7 Å². The Morgan fingerprint density at radius 2 is 2.07 bits per heavy atom. The Hall–Kier alpha value is -2.57. The minimum absolute atomic E-state index is 0.0194. The largest absolute Gasteiger partial charge is 0.376 e. The lowest BCUT2D eigenvalue weighted by molar-refractivity contribution is 0.0222. The van der Waals surface area contributed by atoms with Crippen molar-refractivity contribution in [3.63, 3.8) is 0 Å². The highest BCUT2D eigenvalue weighted by molar-refractivity contribution is 5.99. The van der Waals surface area contributed by atoms with Gasteiger partial charge in [-0.2, -0.15) is 0 Å². The molecular formula is C23H29N3O3. The summed E-state index contributed by atoms with van der Waals surface area (Å²) in [5, 5.41) is 5.91. The van der Waals surface area contributed by atoms with Gasteiger partial charge >= 0.3 is 0 Å². The number of rotatable bonds is 8. The first kappa shape index (κ1) is 21.1. The van der Waals surface area contributed by atoms with Gasteiger partial charge in [-0.15, -0.1) is 0 Å². The van der Waals surface area contributed by atoms with Crippen LogP contribution in [0.15, 0.2) is 42.5 Å². The molecule has 6 heteroatoms. The number of ether oxygens (including phenoxy) is 1. The molecule has 1 aliphatic rings. The zero-order chi connectivity index (χ0) is 20.6. The molecule has 2 atom stereocenters. The number of Topliss-reactive ketones (excluding diaryl/α,β-unsaturated/α-hetero) is 1. The number of amides is 1. The van der Waals surface area contributed by atoms with Crippen molar-refractivity contribution in [3.05, 3.63) is 65.0 Å². The topological polar surface area (TPSA) is 80.3 Å². The minimum atomic E-state index is -0.289. The Labute approximate surface area is 172 Å². The summed E-state index contributed by atoms with van der Waals surface area (Å²) in [4.78, 5) is 29.6.